The smallest absolute Gasteiger partial charge is 0.258 e. The summed E-state index contributed by atoms with van der Waals surface area (Å²) in [6, 6.07) is 20.3. The highest BCUT2D eigenvalue weighted by molar-refractivity contribution is 7.16. The Morgan fingerprint density at radius 3 is 2.57 bits per heavy atom. The molecule has 6 nitrogen and oxygen atoms in total. The van der Waals surface area contributed by atoms with Gasteiger partial charge in [0.2, 0.25) is 5.91 Å². The van der Waals surface area contributed by atoms with Crippen molar-refractivity contribution < 1.29 is 14.7 Å². The molecule has 2 amide bonds. The van der Waals surface area contributed by atoms with Gasteiger partial charge in [-0.25, -0.2) is 4.98 Å². The Balaban J connectivity index is 1.47. The number of carbonyl (C=O) groups excluding carboxylic acids is 2. The van der Waals surface area contributed by atoms with Gasteiger partial charge in [0.05, 0.1) is 11.4 Å². The maximum absolute atomic E-state index is 13.2. The van der Waals surface area contributed by atoms with Crippen LogP contribution in [-0.2, 0) is 11.2 Å². The Hall–Kier alpha value is -3.97. The number of hydrogen-bond donors (Lipinski definition) is 1. The average Bonchev–Trinajstić information content (AvgIpc) is 3.42. The van der Waals surface area contributed by atoms with E-state index in [0.29, 0.717) is 17.4 Å². The number of phenols is 1. The largest absolute Gasteiger partial charge is 0.508 e. The molecule has 1 aliphatic rings. The average molecular weight is 484 g/mol. The van der Waals surface area contributed by atoms with Crippen LogP contribution in [0.4, 0.5) is 16.5 Å². The number of aromatic nitrogens is 1. The standard InChI is InChI=1S/C28H25N3O3S/c1-17-7-4-5-10-24(17)27(34)30-14-13-20-15-21(11-12-25(20)30)26-18(2)35-28(29-26)31(19(3)32)22-8-6-9-23(33)16-22/h4-12,15-16,33H,13-14H2,1-3H3. The molecule has 7 heteroatoms. The first-order valence-corrected chi connectivity index (χ1v) is 12.2. The van der Waals surface area contributed by atoms with Crippen molar-refractivity contribution in [3.05, 3.63) is 88.3 Å². The van der Waals surface area contributed by atoms with Crippen LogP contribution in [0.1, 0.15) is 33.3 Å². The van der Waals surface area contributed by atoms with E-state index in [0.717, 1.165) is 44.9 Å². The molecular weight excluding hydrogens is 458 g/mol. The zero-order valence-corrected chi connectivity index (χ0v) is 20.6. The highest BCUT2D eigenvalue weighted by Gasteiger charge is 2.27. The highest BCUT2D eigenvalue weighted by Crippen LogP contribution is 2.39. The predicted octanol–water partition coefficient (Wildman–Crippen LogP) is 6.02. The zero-order chi connectivity index (χ0) is 24.7. The van der Waals surface area contributed by atoms with Crippen LogP contribution in [0.25, 0.3) is 11.3 Å². The first-order chi connectivity index (χ1) is 16.8. The lowest BCUT2D eigenvalue weighted by Crippen LogP contribution is -2.29. The third kappa shape index (κ3) is 4.19. The molecule has 0 saturated carbocycles. The quantitative estimate of drug-likeness (QED) is 0.385. The van der Waals surface area contributed by atoms with E-state index in [4.69, 9.17) is 4.98 Å². The molecule has 3 aromatic carbocycles. The summed E-state index contributed by atoms with van der Waals surface area (Å²) in [6.45, 7) is 6.06. The number of hydrogen-bond acceptors (Lipinski definition) is 5. The van der Waals surface area contributed by atoms with Gasteiger partial charge in [0.1, 0.15) is 5.75 Å². The van der Waals surface area contributed by atoms with Crippen molar-refractivity contribution in [1.82, 2.24) is 4.98 Å². The van der Waals surface area contributed by atoms with E-state index in [1.807, 2.05) is 55.1 Å². The zero-order valence-electron chi connectivity index (χ0n) is 19.8. The minimum absolute atomic E-state index is 0.0185. The van der Waals surface area contributed by atoms with E-state index >= 15 is 0 Å². The molecule has 0 fully saturated rings. The number of benzene rings is 3. The first-order valence-electron chi connectivity index (χ1n) is 11.4. The van der Waals surface area contributed by atoms with Gasteiger partial charge in [0, 0.05) is 41.2 Å². The monoisotopic (exact) mass is 483 g/mol. The number of fused-ring (bicyclic) bond motifs is 1. The number of aryl methyl sites for hydroxylation is 2. The van der Waals surface area contributed by atoms with Gasteiger partial charge in [0.15, 0.2) is 5.13 Å². The van der Waals surface area contributed by atoms with Gasteiger partial charge in [0.25, 0.3) is 5.91 Å². The SMILES string of the molecule is CC(=O)N(c1cccc(O)c1)c1nc(-c2ccc3c(c2)CCN3C(=O)c2ccccc2C)c(C)s1. The van der Waals surface area contributed by atoms with E-state index in [1.54, 1.807) is 24.3 Å². The van der Waals surface area contributed by atoms with Crippen LogP contribution >= 0.6 is 11.3 Å². The second-order valence-corrected chi connectivity index (χ2v) is 9.82. The molecule has 2 heterocycles. The summed E-state index contributed by atoms with van der Waals surface area (Å²) < 4.78 is 0. The Bertz CT molecular complexity index is 1460. The van der Waals surface area contributed by atoms with Gasteiger partial charge >= 0.3 is 0 Å². The lowest BCUT2D eigenvalue weighted by Gasteiger charge is -2.19. The van der Waals surface area contributed by atoms with Crippen molar-refractivity contribution in [3.8, 4) is 17.0 Å². The predicted molar refractivity (Wildman–Crippen MR) is 140 cm³/mol. The van der Waals surface area contributed by atoms with Crippen molar-refractivity contribution in [3.63, 3.8) is 0 Å². The second-order valence-electron chi connectivity index (χ2n) is 8.64. The summed E-state index contributed by atoms with van der Waals surface area (Å²) in [4.78, 5) is 34.8. The fourth-order valence-corrected chi connectivity index (χ4v) is 5.52. The Kier molecular flexibility index (Phi) is 5.86. The molecule has 0 unspecified atom stereocenters. The lowest BCUT2D eigenvalue weighted by atomic mass is 10.0. The van der Waals surface area contributed by atoms with E-state index in [2.05, 4.69) is 6.07 Å². The molecule has 0 spiro atoms. The van der Waals surface area contributed by atoms with Gasteiger partial charge in [-0.3, -0.25) is 14.5 Å². The maximum Gasteiger partial charge on any atom is 0.258 e. The van der Waals surface area contributed by atoms with Crippen molar-refractivity contribution >= 4 is 39.7 Å². The number of nitrogens with zero attached hydrogens (tertiary/aromatic N) is 3. The molecular formula is C28H25N3O3S. The molecule has 1 aromatic heterocycles. The molecule has 176 valence electrons. The molecule has 0 aliphatic carbocycles. The van der Waals surface area contributed by atoms with E-state index in [9.17, 15) is 14.7 Å². The second kappa shape index (κ2) is 9.00. The van der Waals surface area contributed by atoms with Crippen LogP contribution in [0.5, 0.6) is 5.75 Å². The molecule has 0 atom stereocenters. The summed E-state index contributed by atoms with van der Waals surface area (Å²) in [5.41, 5.74) is 6.05. The summed E-state index contributed by atoms with van der Waals surface area (Å²) in [5, 5.41) is 10.4. The highest BCUT2D eigenvalue weighted by atomic mass is 32.1. The van der Waals surface area contributed by atoms with E-state index in [-0.39, 0.29) is 17.6 Å². The van der Waals surface area contributed by atoms with Gasteiger partial charge in [-0.05, 0) is 61.7 Å². The van der Waals surface area contributed by atoms with Crippen molar-refractivity contribution in [2.45, 2.75) is 27.2 Å². The first kappa shape index (κ1) is 22.8. The summed E-state index contributed by atoms with van der Waals surface area (Å²) in [6.07, 6.45) is 0.777. The van der Waals surface area contributed by atoms with Gasteiger partial charge in [-0.1, -0.05) is 30.3 Å². The maximum atomic E-state index is 13.2. The number of phenolic OH excluding ortho intramolecular Hbond substituents is 1. The van der Waals surface area contributed by atoms with Gasteiger partial charge in [-0.15, -0.1) is 11.3 Å². The normalized spacial score (nSPS) is 12.5. The Labute approximate surface area is 208 Å². The Morgan fingerprint density at radius 2 is 1.83 bits per heavy atom. The summed E-state index contributed by atoms with van der Waals surface area (Å²) >= 11 is 1.43. The minimum Gasteiger partial charge on any atom is -0.508 e. The fraction of sp³-hybridized carbons (Fsp3) is 0.179. The van der Waals surface area contributed by atoms with Crippen molar-refractivity contribution in [2.24, 2.45) is 0 Å². The summed E-state index contributed by atoms with van der Waals surface area (Å²) in [5.74, 6) is -0.0779. The minimum atomic E-state index is -0.185. The molecule has 0 saturated heterocycles. The number of amides is 2. The molecule has 0 bridgehead atoms. The number of anilines is 3. The molecule has 1 N–H and O–H groups in total. The van der Waals surface area contributed by atoms with Crippen LogP contribution in [0.15, 0.2) is 66.7 Å². The van der Waals surface area contributed by atoms with Crippen LogP contribution in [-0.4, -0.2) is 28.4 Å². The topological polar surface area (TPSA) is 73.7 Å². The van der Waals surface area contributed by atoms with E-state index < -0.39 is 0 Å². The van der Waals surface area contributed by atoms with Gasteiger partial charge < -0.3 is 10.0 Å². The van der Waals surface area contributed by atoms with Crippen LogP contribution < -0.4 is 9.80 Å². The Morgan fingerprint density at radius 1 is 1.03 bits per heavy atom. The summed E-state index contributed by atoms with van der Waals surface area (Å²) in [7, 11) is 0. The number of carbonyl (C=O) groups is 2. The third-order valence-corrected chi connectivity index (χ3v) is 7.20. The van der Waals surface area contributed by atoms with E-state index in [1.165, 1.54) is 23.2 Å². The molecule has 4 aromatic rings. The van der Waals surface area contributed by atoms with Crippen LogP contribution in [0.2, 0.25) is 0 Å². The van der Waals surface area contributed by atoms with Crippen molar-refractivity contribution in [2.75, 3.05) is 16.3 Å². The van der Waals surface area contributed by atoms with Crippen LogP contribution in [0, 0.1) is 13.8 Å². The third-order valence-electron chi connectivity index (χ3n) is 6.25. The van der Waals surface area contributed by atoms with Crippen LogP contribution in [0.3, 0.4) is 0 Å². The van der Waals surface area contributed by atoms with Crippen molar-refractivity contribution in [1.29, 1.82) is 0 Å². The molecule has 5 rings (SSSR count). The number of rotatable bonds is 4. The number of aromatic hydroxyl groups is 1. The van der Waals surface area contributed by atoms with Gasteiger partial charge in [-0.2, -0.15) is 0 Å². The molecule has 0 radical (unpaired) electrons. The fourth-order valence-electron chi connectivity index (χ4n) is 4.52. The molecule has 1 aliphatic heterocycles. The molecule has 35 heavy (non-hydrogen) atoms. The lowest BCUT2D eigenvalue weighted by molar-refractivity contribution is -0.115. The number of thiazole rings is 1.